The van der Waals surface area contributed by atoms with Gasteiger partial charge >= 0.3 is 11.8 Å². The summed E-state index contributed by atoms with van der Waals surface area (Å²) in [5, 5.41) is 10.7. The van der Waals surface area contributed by atoms with E-state index in [1.807, 2.05) is 45.0 Å². The molecule has 6 heteroatoms. The molecule has 0 bridgehead atoms. The summed E-state index contributed by atoms with van der Waals surface area (Å²) in [5.41, 5.74) is 0.258. The lowest BCUT2D eigenvalue weighted by molar-refractivity contribution is 0.0518. The molecule has 2 rings (SSSR count). The van der Waals surface area contributed by atoms with Gasteiger partial charge in [0.1, 0.15) is 5.60 Å². The van der Waals surface area contributed by atoms with Crippen molar-refractivity contribution in [3.63, 3.8) is 0 Å². The van der Waals surface area contributed by atoms with Crippen molar-refractivity contribution in [1.82, 2.24) is 9.13 Å². The molecule has 0 fully saturated rings. The lowest BCUT2D eigenvalue weighted by atomic mass is 9.79. The van der Waals surface area contributed by atoms with Gasteiger partial charge in [-0.1, -0.05) is 38.1 Å². The van der Waals surface area contributed by atoms with Gasteiger partial charge < -0.3 is 9.84 Å². The third-order valence-corrected chi connectivity index (χ3v) is 4.22. The number of ether oxygens (including phenoxy) is 1. The molecule has 0 saturated carbocycles. The van der Waals surface area contributed by atoms with Crippen LogP contribution in [-0.4, -0.2) is 25.9 Å². The van der Waals surface area contributed by atoms with Crippen LogP contribution < -0.4 is 5.69 Å². The number of hydrogen-bond donors (Lipinski definition) is 1. The number of carbonyl (C=O) groups excluding carboxylic acids is 1. The molecule has 1 aromatic carbocycles. The third-order valence-electron chi connectivity index (χ3n) is 4.22. The zero-order valence-corrected chi connectivity index (χ0v) is 15.9. The van der Waals surface area contributed by atoms with Crippen molar-refractivity contribution in [2.75, 3.05) is 0 Å². The van der Waals surface area contributed by atoms with Crippen LogP contribution in [0.25, 0.3) is 0 Å². The summed E-state index contributed by atoms with van der Waals surface area (Å²) in [7, 11) is 1.54. The first-order chi connectivity index (χ1) is 11.4. The molecule has 0 aliphatic carbocycles. The molecule has 1 N–H and O–H groups in total. The lowest BCUT2D eigenvalue weighted by Crippen LogP contribution is -2.34. The fourth-order valence-corrected chi connectivity index (χ4v) is 3.16. The molecule has 0 amide bonds. The van der Waals surface area contributed by atoms with Gasteiger partial charge in [0.2, 0.25) is 5.88 Å². The Morgan fingerprint density at radius 1 is 1.12 bits per heavy atom. The zero-order chi connectivity index (χ0) is 19.2. The number of nitrogens with zero attached hydrogens (tertiary/aromatic N) is 2. The van der Waals surface area contributed by atoms with Crippen LogP contribution in [0.3, 0.4) is 0 Å². The number of benzene rings is 1. The van der Waals surface area contributed by atoms with Gasteiger partial charge in [0.15, 0.2) is 0 Å². The first-order valence-corrected chi connectivity index (χ1v) is 8.18. The Hall–Kier alpha value is -2.50. The van der Waals surface area contributed by atoms with Crippen molar-refractivity contribution in [3.8, 4) is 5.88 Å². The largest absolute Gasteiger partial charge is 0.493 e. The summed E-state index contributed by atoms with van der Waals surface area (Å²) >= 11 is 0. The molecule has 0 saturated heterocycles. The topological polar surface area (TPSA) is 73.5 Å². The Labute approximate surface area is 147 Å². The van der Waals surface area contributed by atoms with E-state index in [-0.39, 0.29) is 0 Å². The number of aromatic nitrogens is 2. The molecule has 2 aromatic rings. The first kappa shape index (κ1) is 18.8. The van der Waals surface area contributed by atoms with Crippen LogP contribution in [0.4, 0.5) is 4.79 Å². The molecule has 1 heterocycles. The minimum atomic E-state index is -0.891. The molecular weight excluding hydrogens is 320 g/mol. The molecule has 6 nitrogen and oxygen atoms in total. The van der Waals surface area contributed by atoms with Gasteiger partial charge in [-0.3, -0.25) is 4.57 Å². The Balaban J connectivity index is 2.65. The van der Waals surface area contributed by atoms with E-state index in [0.29, 0.717) is 10.3 Å². The highest BCUT2D eigenvalue weighted by Crippen LogP contribution is 2.37. The van der Waals surface area contributed by atoms with E-state index in [1.165, 1.54) is 11.6 Å². The fourth-order valence-electron chi connectivity index (χ4n) is 3.16. The van der Waals surface area contributed by atoms with Crippen LogP contribution in [0, 0.1) is 6.92 Å². The third kappa shape index (κ3) is 3.34. The normalized spacial score (nSPS) is 12.3. The standard InChI is InChI=1S/C19H26N2O4/c1-12-10-8-9-11-13(12)19(5,6)14-15(22)21(16(23)20(14)7)17(24)25-18(2,3)4/h8-11,22H,1-7H3. The molecule has 0 radical (unpaired) electrons. The van der Waals surface area contributed by atoms with E-state index in [9.17, 15) is 14.7 Å². The summed E-state index contributed by atoms with van der Waals surface area (Å²) in [6, 6.07) is 7.75. The molecule has 0 atom stereocenters. The predicted octanol–water partition coefficient (Wildman–Crippen LogP) is 3.31. The van der Waals surface area contributed by atoms with Crippen LogP contribution in [-0.2, 0) is 17.2 Å². The SMILES string of the molecule is Cc1ccccc1C(C)(C)c1c(O)n(C(=O)OC(C)(C)C)c(=O)n1C. The second-order valence-corrected chi connectivity index (χ2v) is 7.77. The molecule has 0 unspecified atom stereocenters. The van der Waals surface area contributed by atoms with Crippen molar-refractivity contribution >= 4 is 6.09 Å². The van der Waals surface area contributed by atoms with Gasteiger partial charge in [0, 0.05) is 12.5 Å². The predicted molar refractivity (Wildman–Crippen MR) is 96.3 cm³/mol. The van der Waals surface area contributed by atoms with Gasteiger partial charge in [0.25, 0.3) is 0 Å². The summed E-state index contributed by atoms with van der Waals surface area (Å²) in [5.74, 6) is -0.394. The van der Waals surface area contributed by atoms with Crippen LogP contribution in [0.15, 0.2) is 29.1 Å². The van der Waals surface area contributed by atoms with E-state index in [4.69, 9.17) is 4.74 Å². The van der Waals surface area contributed by atoms with E-state index in [0.717, 1.165) is 11.1 Å². The number of carbonyl (C=O) groups is 1. The number of imidazole rings is 1. The van der Waals surface area contributed by atoms with Crippen LogP contribution in [0.1, 0.15) is 51.4 Å². The Morgan fingerprint density at radius 3 is 2.20 bits per heavy atom. The number of hydrogen-bond acceptors (Lipinski definition) is 4. The van der Waals surface area contributed by atoms with E-state index >= 15 is 0 Å². The Kier molecular flexibility index (Phi) is 4.59. The van der Waals surface area contributed by atoms with Crippen LogP contribution in [0.5, 0.6) is 5.88 Å². The zero-order valence-electron chi connectivity index (χ0n) is 15.9. The maximum absolute atomic E-state index is 12.6. The van der Waals surface area contributed by atoms with E-state index in [1.54, 1.807) is 20.8 Å². The smallest absolute Gasteiger partial charge is 0.425 e. The summed E-state index contributed by atoms with van der Waals surface area (Å²) < 4.78 is 7.23. The Bertz CT molecular complexity index is 867. The monoisotopic (exact) mass is 346 g/mol. The average Bonchev–Trinajstić information content (AvgIpc) is 2.67. The minimum absolute atomic E-state index is 0.359. The lowest BCUT2D eigenvalue weighted by Gasteiger charge is -2.27. The van der Waals surface area contributed by atoms with E-state index in [2.05, 4.69) is 0 Å². The van der Waals surface area contributed by atoms with Crippen molar-refractivity contribution in [1.29, 1.82) is 0 Å². The second kappa shape index (κ2) is 6.10. The number of aromatic hydroxyl groups is 1. The quantitative estimate of drug-likeness (QED) is 0.905. The summed E-state index contributed by atoms with van der Waals surface area (Å²) in [6.07, 6.45) is -0.891. The molecule has 0 aliphatic rings. The average molecular weight is 346 g/mol. The van der Waals surface area contributed by atoms with Crippen molar-refractivity contribution in [2.45, 2.75) is 52.6 Å². The highest BCUT2D eigenvalue weighted by Gasteiger charge is 2.36. The fraction of sp³-hybridized carbons (Fsp3) is 0.474. The Morgan fingerprint density at radius 2 is 1.68 bits per heavy atom. The van der Waals surface area contributed by atoms with Crippen molar-refractivity contribution in [2.24, 2.45) is 7.05 Å². The van der Waals surface area contributed by atoms with Crippen LogP contribution in [0.2, 0.25) is 0 Å². The van der Waals surface area contributed by atoms with Gasteiger partial charge in [0.05, 0.1) is 5.69 Å². The van der Waals surface area contributed by atoms with Crippen molar-refractivity contribution < 1.29 is 14.6 Å². The molecular formula is C19H26N2O4. The highest BCUT2D eigenvalue weighted by molar-refractivity contribution is 5.73. The summed E-state index contributed by atoms with van der Waals surface area (Å²) in [4.78, 5) is 24.9. The molecule has 0 spiro atoms. The van der Waals surface area contributed by atoms with E-state index < -0.39 is 28.7 Å². The molecule has 25 heavy (non-hydrogen) atoms. The maximum atomic E-state index is 12.6. The molecule has 0 aliphatic heterocycles. The molecule has 136 valence electrons. The summed E-state index contributed by atoms with van der Waals surface area (Å²) in [6.45, 7) is 10.9. The number of aryl methyl sites for hydroxylation is 1. The first-order valence-electron chi connectivity index (χ1n) is 8.18. The second-order valence-electron chi connectivity index (χ2n) is 7.77. The van der Waals surface area contributed by atoms with Gasteiger partial charge in [-0.25, -0.2) is 9.59 Å². The van der Waals surface area contributed by atoms with Gasteiger partial charge in [-0.05, 0) is 38.8 Å². The maximum Gasteiger partial charge on any atom is 0.425 e. The highest BCUT2D eigenvalue weighted by atomic mass is 16.6. The minimum Gasteiger partial charge on any atom is -0.493 e. The van der Waals surface area contributed by atoms with Crippen molar-refractivity contribution in [3.05, 3.63) is 51.6 Å². The van der Waals surface area contributed by atoms with Gasteiger partial charge in [-0.15, -0.1) is 0 Å². The van der Waals surface area contributed by atoms with Crippen LogP contribution >= 0.6 is 0 Å². The molecule has 1 aromatic heterocycles. The number of rotatable bonds is 2. The van der Waals surface area contributed by atoms with Gasteiger partial charge in [-0.2, -0.15) is 4.57 Å².